The number of carbonyl (C=O) groups is 2. The molecule has 5 aromatic rings. The lowest BCUT2D eigenvalue weighted by Crippen LogP contribution is -2.30. The number of thiophene rings is 1. The van der Waals surface area contributed by atoms with Gasteiger partial charge in [0.15, 0.2) is 5.65 Å². The minimum absolute atomic E-state index is 0.0998. The van der Waals surface area contributed by atoms with E-state index in [4.69, 9.17) is 0 Å². The van der Waals surface area contributed by atoms with Gasteiger partial charge < -0.3 is 10.6 Å². The Morgan fingerprint density at radius 1 is 0.971 bits per heavy atom. The number of nitrogens with one attached hydrogen (secondary N) is 2. The first-order chi connectivity index (χ1) is 16.7. The molecule has 8 heteroatoms. The highest BCUT2D eigenvalue weighted by Crippen LogP contribution is 2.25. The molecule has 34 heavy (non-hydrogen) atoms. The third kappa shape index (κ3) is 4.57. The Labute approximate surface area is 200 Å². The Hall–Kier alpha value is -4.30. The maximum atomic E-state index is 12.8. The monoisotopic (exact) mass is 467 g/mol. The molecular weight excluding hydrogens is 446 g/mol. The van der Waals surface area contributed by atoms with Crippen LogP contribution in [0.3, 0.4) is 0 Å². The number of hydrogen-bond donors (Lipinski definition) is 2. The van der Waals surface area contributed by atoms with Crippen molar-refractivity contribution in [3.05, 3.63) is 107 Å². The van der Waals surface area contributed by atoms with Crippen molar-refractivity contribution in [2.75, 3.05) is 11.9 Å². The first kappa shape index (κ1) is 21.5. The summed E-state index contributed by atoms with van der Waals surface area (Å²) in [7, 11) is 0. The van der Waals surface area contributed by atoms with Gasteiger partial charge in [-0.05, 0) is 41.6 Å². The van der Waals surface area contributed by atoms with Crippen LogP contribution in [0.1, 0.15) is 20.8 Å². The van der Waals surface area contributed by atoms with Gasteiger partial charge in [0.25, 0.3) is 0 Å². The molecule has 7 nitrogen and oxygen atoms in total. The molecule has 0 bridgehead atoms. The summed E-state index contributed by atoms with van der Waals surface area (Å²) in [4.78, 5) is 30.2. The summed E-state index contributed by atoms with van der Waals surface area (Å²) in [6.07, 6.45) is 3.97. The van der Waals surface area contributed by atoms with Gasteiger partial charge in [0.2, 0.25) is 5.78 Å². The van der Waals surface area contributed by atoms with Crippen LogP contribution >= 0.6 is 11.3 Å². The molecule has 2 aromatic carbocycles. The maximum Gasteiger partial charge on any atom is 0.319 e. The van der Waals surface area contributed by atoms with Gasteiger partial charge in [0.1, 0.15) is 0 Å². The van der Waals surface area contributed by atoms with Gasteiger partial charge >= 0.3 is 6.03 Å². The van der Waals surface area contributed by atoms with Gasteiger partial charge in [-0.2, -0.15) is 5.10 Å². The number of anilines is 1. The van der Waals surface area contributed by atoms with E-state index in [2.05, 4.69) is 20.7 Å². The van der Waals surface area contributed by atoms with Crippen molar-refractivity contribution in [3.8, 4) is 11.3 Å². The molecule has 3 aromatic heterocycles. The van der Waals surface area contributed by atoms with Crippen molar-refractivity contribution in [1.82, 2.24) is 19.9 Å². The van der Waals surface area contributed by atoms with Crippen LogP contribution in [0.5, 0.6) is 0 Å². The van der Waals surface area contributed by atoms with Crippen molar-refractivity contribution in [2.45, 2.75) is 6.42 Å². The fraction of sp³-hybridized carbons (Fsp3) is 0.0769. The van der Waals surface area contributed by atoms with Crippen LogP contribution in [-0.2, 0) is 6.42 Å². The van der Waals surface area contributed by atoms with Gasteiger partial charge in [-0.1, -0.05) is 48.5 Å². The summed E-state index contributed by atoms with van der Waals surface area (Å²) in [6.45, 7) is 0.537. The van der Waals surface area contributed by atoms with E-state index in [0.29, 0.717) is 28.3 Å². The van der Waals surface area contributed by atoms with Crippen molar-refractivity contribution in [3.63, 3.8) is 0 Å². The predicted molar refractivity (Wildman–Crippen MR) is 133 cm³/mol. The first-order valence-electron chi connectivity index (χ1n) is 10.8. The number of hydrogen-bond acceptors (Lipinski definition) is 5. The van der Waals surface area contributed by atoms with Crippen LogP contribution in [0.25, 0.3) is 16.9 Å². The molecular formula is C26H21N5O2S. The predicted octanol–water partition coefficient (Wildman–Crippen LogP) is 5.05. The molecule has 5 rings (SSSR count). The van der Waals surface area contributed by atoms with Crippen LogP contribution in [0, 0.1) is 0 Å². The number of nitrogens with zero attached hydrogens (tertiary/aromatic N) is 3. The summed E-state index contributed by atoms with van der Waals surface area (Å²) in [5.41, 5.74) is 4.38. The van der Waals surface area contributed by atoms with Crippen LogP contribution in [0.15, 0.2) is 90.6 Å². The highest BCUT2D eigenvalue weighted by molar-refractivity contribution is 7.12. The largest absolute Gasteiger partial charge is 0.338 e. The molecule has 0 unspecified atom stereocenters. The zero-order chi connectivity index (χ0) is 23.3. The van der Waals surface area contributed by atoms with Crippen LogP contribution < -0.4 is 10.6 Å². The number of aromatic nitrogens is 3. The average molecular weight is 468 g/mol. The van der Waals surface area contributed by atoms with Crippen LogP contribution in [0.4, 0.5) is 10.5 Å². The standard InChI is InChI=1S/C26H21N5O2S/c32-24(23-10-5-15-34-23)21-17-29-31-22(12-14-27-25(21)31)19-8-4-9-20(16-19)30-26(33)28-13-11-18-6-2-1-3-7-18/h1-10,12,14-17H,11,13H2,(H2,28,30,33). The smallest absolute Gasteiger partial charge is 0.319 e. The molecule has 0 aliphatic rings. The molecule has 0 saturated carbocycles. The molecule has 168 valence electrons. The third-order valence-electron chi connectivity index (χ3n) is 5.35. The Bertz CT molecular complexity index is 1440. The summed E-state index contributed by atoms with van der Waals surface area (Å²) >= 11 is 1.39. The minimum Gasteiger partial charge on any atom is -0.338 e. The second-order valence-corrected chi connectivity index (χ2v) is 8.58. The van der Waals surface area contributed by atoms with Gasteiger partial charge in [0.05, 0.1) is 22.3 Å². The zero-order valence-corrected chi connectivity index (χ0v) is 19.0. The number of benzene rings is 2. The number of fused-ring (bicyclic) bond motifs is 1. The fourth-order valence-electron chi connectivity index (χ4n) is 3.71. The SMILES string of the molecule is O=C(NCCc1ccccc1)Nc1cccc(-c2ccnc3c(C(=O)c4cccs4)cnn23)c1. The van der Waals surface area contributed by atoms with E-state index in [9.17, 15) is 9.59 Å². The maximum absolute atomic E-state index is 12.8. The van der Waals surface area contributed by atoms with Crippen molar-refractivity contribution in [2.24, 2.45) is 0 Å². The van der Waals surface area contributed by atoms with E-state index in [0.717, 1.165) is 17.7 Å². The van der Waals surface area contributed by atoms with Gasteiger partial charge in [-0.3, -0.25) is 4.79 Å². The van der Waals surface area contributed by atoms with E-state index < -0.39 is 0 Å². The molecule has 0 spiro atoms. The van der Waals surface area contributed by atoms with Crippen LogP contribution in [-0.4, -0.2) is 33.0 Å². The van der Waals surface area contributed by atoms with Crippen molar-refractivity contribution < 1.29 is 9.59 Å². The lowest BCUT2D eigenvalue weighted by Gasteiger charge is -2.10. The molecule has 0 saturated heterocycles. The number of amides is 2. The lowest BCUT2D eigenvalue weighted by molar-refractivity contribution is 0.104. The Kier molecular flexibility index (Phi) is 6.13. The third-order valence-corrected chi connectivity index (χ3v) is 6.22. The highest BCUT2D eigenvalue weighted by Gasteiger charge is 2.18. The molecule has 0 radical (unpaired) electrons. The highest BCUT2D eigenvalue weighted by atomic mass is 32.1. The van der Waals surface area contributed by atoms with Gasteiger partial charge in [-0.15, -0.1) is 11.3 Å². The Balaban J connectivity index is 1.32. The molecule has 0 atom stereocenters. The molecule has 0 aliphatic carbocycles. The average Bonchev–Trinajstić information content (AvgIpc) is 3.55. The Morgan fingerprint density at radius 3 is 2.68 bits per heavy atom. The lowest BCUT2D eigenvalue weighted by atomic mass is 10.1. The fourth-order valence-corrected chi connectivity index (χ4v) is 4.39. The Morgan fingerprint density at radius 2 is 1.85 bits per heavy atom. The van der Waals surface area contributed by atoms with E-state index in [1.54, 1.807) is 23.0 Å². The van der Waals surface area contributed by atoms with E-state index in [1.807, 2.05) is 72.1 Å². The van der Waals surface area contributed by atoms with Gasteiger partial charge in [0, 0.05) is 24.0 Å². The second-order valence-electron chi connectivity index (χ2n) is 7.63. The topological polar surface area (TPSA) is 88.4 Å². The van der Waals surface area contributed by atoms with E-state index in [-0.39, 0.29) is 11.8 Å². The van der Waals surface area contributed by atoms with Crippen molar-refractivity contribution >= 4 is 34.5 Å². The molecule has 0 aliphatic heterocycles. The van der Waals surface area contributed by atoms with E-state index in [1.165, 1.54) is 16.9 Å². The van der Waals surface area contributed by atoms with Crippen molar-refractivity contribution in [1.29, 1.82) is 0 Å². The number of urea groups is 1. The van der Waals surface area contributed by atoms with Crippen LogP contribution in [0.2, 0.25) is 0 Å². The number of carbonyl (C=O) groups excluding carboxylic acids is 2. The second kappa shape index (κ2) is 9.68. The number of ketones is 1. The quantitative estimate of drug-likeness (QED) is 0.328. The normalized spacial score (nSPS) is 10.8. The number of rotatable bonds is 7. The molecule has 2 amide bonds. The summed E-state index contributed by atoms with van der Waals surface area (Å²) in [5.74, 6) is -0.0998. The molecule has 2 N–H and O–H groups in total. The van der Waals surface area contributed by atoms with Gasteiger partial charge in [-0.25, -0.2) is 14.3 Å². The summed E-state index contributed by atoms with van der Waals surface area (Å²) in [6, 6.07) is 22.7. The molecule has 0 fully saturated rings. The first-order valence-corrected chi connectivity index (χ1v) is 11.7. The van der Waals surface area contributed by atoms with E-state index >= 15 is 0 Å². The summed E-state index contributed by atoms with van der Waals surface area (Å²) in [5, 5.41) is 12.1. The summed E-state index contributed by atoms with van der Waals surface area (Å²) < 4.78 is 1.65. The molecule has 3 heterocycles. The minimum atomic E-state index is -0.268. The zero-order valence-electron chi connectivity index (χ0n) is 18.1.